The van der Waals surface area contributed by atoms with E-state index in [9.17, 15) is 4.79 Å². The van der Waals surface area contributed by atoms with Gasteiger partial charge in [-0.2, -0.15) is 0 Å². The number of hydrogen-bond donors (Lipinski definition) is 2. The predicted molar refractivity (Wildman–Crippen MR) is 69.4 cm³/mol. The first-order valence-corrected chi connectivity index (χ1v) is 7.00. The normalized spacial score (nSPS) is 35.4. The molecule has 1 unspecified atom stereocenters. The Hall–Kier alpha value is -0.570. The van der Waals surface area contributed by atoms with Crippen molar-refractivity contribution in [2.45, 2.75) is 46.0 Å². The van der Waals surface area contributed by atoms with Crippen molar-refractivity contribution < 1.29 is 4.79 Å². The zero-order valence-corrected chi connectivity index (χ0v) is 11.2. The third-order valence-electron chi connectivity index (χ3n) is 4.79. The molecule has 0 radical (unpaired) electrons. The van der Waals surface area contributed by atoms with Crippen LogP contribution in [0.15, 0.2) is 0 Å². The summed E-state index contributed by atoms with van der Waals surface area (Å²) in [4.78, 5) is 12.0. The highest BCUT2D eigenvalue weighted by Gasteiger charge is 2.45. The predicted octanol–water partition coefficient (Wildman–Crippen LogP) is 1.91. The van der Waals surface area contributed by atoms with Crippen LogP contribution < -0.4 is 11.1 Å². The third-order valence-corrected chi connectivity index (χ3v) is 4.79. The van der Waals surface area contributed by atoms with E-state index in [1.807, 2.05) is 0 Å². The van der Waals surface area contributed by atoms with E-state index in [4.69, 9.17) is 5.73 Å². The molecule has 3 heteroatoms. The van der Waals surface area contributed by atoms with Crippen LogP contribution >= 0.6 is 0 Å². The molecule has 0 aromatic rings. The molecule has 0 aromatic carbocycles. The lowest BCUT2D eigenvalue weighted by atomic mass is 9.81. The molecule has 1 atom stereocenters. The van der Waals surface area contributed by atoms with Crippen molar-refractivity contribution in [3.05, 3.63) is 0 Å². The third kappa shape index (κ3) is 3.21. The van der Waals surface area contributed by atoms with E-state index in [0.29, 0.717) is 17.3 Å². The van der Waals surface area contributed by atoms with Crippen molar-refractivity contribution >= 4 is 5.91 Å². The van der Waals surface area contributed by atoms with Crippen LogP contribution in [-0.4, -0.2) is 19.0 Å². The Morgan fingerprint density at radius 3 is 2.35 bits per heavy atom. The highest BCUT2D eigenvalue weighted by atomic mass is 16.1. The molecule has 1 amide bonds. The van der Waals surface area contributed by atoms with Gasteiger partial charge in [0.15, 0.2) is 0 Å². The van der Waals surface area contributed by atoms with Gasteiger partial charge in [0.25, 0.3) is 0 Å². The number of amides is 1. The molecule has 0 saturated heterocycles. The summed E-state index contributed by atoms with van der Waals surface area (Å²) in [5.74, 6) is 1.89. The first kappa shape index (κ1) is 12.9. The number of rotatable bonds is 4. The maximum Gasteiger partial charge on any atom is 0.223 e. The summed E-state index contributed by atoms with van der Waals surface area (Å²) < 4.78 is 0. The van der Waals surface area contributed by atoms with E-state index in [2.05, 4.69) is 19.2 Å². The Labute approximate surface area is 105 Å². The lowest BCUT2D eigenvalue weighted by Crippen LogP contribution is -2.35. The molecule has 98 valence electrons. The Kier molecular flexibility index (Phi) is 3.76. The van der Waals surface area contributed by atoms with Crippen LogP contribution in [0.3, 0.4) is 0 Å². The molecule has 17 heavy (non-hydrogen) atoms. The molecule has 2 aliphatic rings. The molecular formula is C14H26N2O. The highest BCUT2D eigenvalue weighted by Crippen LogP contribution is 2.51. The second-order valence-electron chi connectivity index (χ2n) is 6.59. The Balaban J connectivity index is 1.67. The molecule has 2 saturated carbocycles. The highest BCUT2D eigenvalue weighted by molar-refractivity contribution is 5.78. The first-order valence-electron chi connectivity index (χ1n) is 7.00. The first-order chi connectivity index (χ1) is 8.03. The van der Waals surface area contributed by atoms with Gasteiger partial charge in [0.2, 0.25) is 5.91 Å². The zero-order chi connectivity index (χ0) is 12.5. The molecule has 3 nitrogen and oxygen atoms in total. The van der Waals surface area contributed by atoms with E-state index in [-0.39, 0.29) is 11.8 Å². The van der Waals surface area contributed by atoms with Crippen LogP contribution in [0.4, 0.5) is 0 Å². The van der Waals surface area contributed by atoms with Crippen LogP contribution in [0.2, 0.25) is 0 Å². The van der Waals surface area contributed by atoms with Gasteiger partial charge in [-0.1, -0.05) is 13.8 Å². The summed E-state index contributed by atoms with van der Waals surface area (Å²) in [5, 5.41) is 3.13. The quantitative estimate of drug-likeness (QED) is 0.786. The smallest absolute Gasteiger partial charge is 0.223 e. The van der Waals surface area contributed by atoms with Gasteiger partial charge in [0.1, 0.15) is 0 Å². The Bertz CT molecular complexity index is 280. The van der Waals surface area contributed by atoms with Gasteiger partial charge in [-0.15, -0.1) is 0 Å². The largest absolute Gasteiger partial charge is 0.356 e. The minimum absolute atomic E-state index is 0.250. The summed E-state index contributed by atoms with van der Waals surface area (Å²) in [6, 6.07) is 0. The maximum absolute atomic E-state index is 12.0. The van der Waals surface area contributed by atoms with Crippen molar-refractivity contribution in [1.29, 1.82) is 0 Å². The fourth-order valence-electron chi connectivity index (χ4n) is 2.95. The van der Waals surface area contributed by atoms with Crippen molar-refractivity contribution in [2.24, 2.45) is 28.9 Å². The molecule has 3 N–H and O–H groups in total. The SMILES string of the molecule is CC1(C)CC1CNC(=O)C1CCC(CN)CC1. The standard InChI is InChI=1S/C14H26N2O/c1-14(2)7-12(14)9-16-13(17)11-5-3-10(8-15)4-6-11/h10-12H,3-9,15H2,1-2H3,(H,16,17). The van der Waals surface area contributed by atoms with E-state index in [1.54, 1.807) is 0 Å². The van der Waals surface area contributed by atoms with Gasteiger partial charge in [-0.05, 0) is 55.9 Å². The molecule has 0 aromatic heterocycles. The monoisotopic (exact) mass is 238 g/mol. The number of hydrogen-bond acceptors (Lipinski definition) is 2. The molecule has 2 rings (SSSR count). The molecule has 0 bridgehead atoms. The van der Waals surface area contributed by atoms with Gasteiger partial charge < -0.3 is 11.1 Å². The number of nitrogens with two attached hydrogens (primary N) is 1. The topological polar surface area (TPSA) is 55.1 Å². The summed E-state index contributed by atoms with van der Waals surface area (Å²) in [7, 11) is 0. The van der Waals surface area contributed by atoms with Crippen molar-refractivity contribution in [2.75, 3.05) is 13.1 Å². The average Bonchev–Trinajstić information content (AvgIpc) is 2.94. The fraction of sp³-hybridized carbons (Fsp3) is 0.929. The van der Waals surface area contributed by atoms with Gasteiger partial charge in [-0.25, -0.2) is 0 Å². The van der Waals surface area contributed by atoms with Crippen LogP contribution in [-0.2, 0) is 4.79 Å². The fourth-order valence-corrected chi connectivity index (χ4v) is 2.95. The summed E-state index contributed by atoms with van der Waals surface area (Å²) in [5.41, 5.74) is 6.12. The number of carbonyl (C=O) groups excluding carboxylic acids is 1. The minimum Gasteiger partial charge on any atom is -0.356 e. The van der Waals surface area contributed by atoms with Gasteiger partial charge in [0, 0.05) is 12.5 Å². The van der Waals surface area contributed by atoms with Crippen molar-refractivity contribution in [1.82, 2.24) is 5.32 Å². The molecule has 2 fully saturated rings. The van der Waals surface area contributed by atoms with Crippen LogP contribution in [0.25, 0.3) is 0 Å². The molecule has 0 heterocycles. The summed E-state index contributed by atoms with van der Waals surface area (Å²) >= 11 is 0. The van der Waals surface area contributed by atoms with Crippen molar-refractivity contribution in [3.8, 4) is 0 Å². The van der Waals surface area contributed by atoms with Crippen LogP contribution in [0.1, 0.15) is 46.0 Å². The zero-order valence-electron chi connectivity index (χ0n) is 11.2. The van der Waals surface area contributed by atoms with E-state index in [0.717, 1.165) is 38.8 Å². The summed E-state index contributed by atoms with van der Waals surface area (Å²) in [6.07, 6.45) is 5.57. The van der Waals surface area contributed by atoms with Crippen molar-refractivity contribution in [3.63, 3.8) is 0 Å². The lowest BCUT2D eigenvalue weighted by molar-refractivity contribution is -0.126. The molecule has 0 aliphatic heterocycles. The van der Waals surface area contributed by atoms with E-state index in [1.165, 1.54) is 6.42 Å². The minimum atomic E-state index is 0.250. The molecular weight excluding hydrogens is 212 g/mol. The Morgan fingerprint density at radius 1 is 1.29 bits per heavy atom. The second-order valence-corrected chi connectivity index (χ2v) is 6.59. The average molecular weight is 238 g/mol. The Morgan fingerprint density at radius 2 is 1.88 bits per heavy atom. The van der Waals surface area contributed by atoms with Gasteiger partial charge in [-0.3, -0.25) is 4.79 Å². The van der Waals surface area contributed by atoms with E-state index < -0.39 is 0 Å². The number of nitrogens with one attached hydrogen (secondary N) is 1. The summed E-state index contributed by atoms with van der Waals surface area (Å²) in [6.45, 7) is 6.21. The van der Waals surface area contributed by atoms with Crippen LogP contribution in [0.5, 0.6) is 0 Å². The lowest BCUT2D eigenvalue weighted by Gasteiger charge is -2.26. The van der Waals surface area contributed by atoms with Gasteiger partial charge >= 0.3 is 0 Å². The van der Waals surface area contributed by atoms with Crippen LogP contribution in [0, 0.1) is 23.2 Å². The number of carbonyl (C=O) groups is 1. The maximum atomic E-state index is 12.0. The van der Waals surface area contributed by atoms with Gasteiger partial charge in [0.05, 0.1) is 0 Å². The van der Waals surface area contributed by atoms with E-state index >= 15 is 0 Å². The molecule has 0 spiro atoms. The molecule has 2 aliphatic carbocycles. The second kappa shape index (κ2) is 4.97.